The molecule has 1 amide bonds. The van der Waals surface area contributed by atoms with Gasteiger partial charge in [-0.1, -0.05) is 0 Å². The number of carbonyl (C=O) groups excluding carboxylic acids is 1. The minimum atomic E-state index is -0.459. The van der Waals surface area contributed by atoms with Crippen LogP contribution in [-0.2, 0) is 14.3 Å². The molecule has 0 aromatic heterocycles. The van der Waals surface area contributed by atoms with E-state index < -0.39 is 4.92 Å². The third kappa shape index (κ3) is 2.74. The number of nitro groups is 1. The van der Waals surface area contributed by atoms with Gasteiger partial charge in [-0.2, -0.15) is 0 Å². The summed E-state index contributed by atoms with van der Waals surface area (Å²) < 4.78 is 10.6. The van der Waals surface area contributed by atoms with Gasteiger partial charge in [-0.3, -0.25) is 14.9 Å². The fraction of sp³-hybridized carbons (Fsp3) is 0.438. The topological polar surface area (TPSA) is 93.9 Å². The number of non-ortho nitro benzene ring substituents is 1. The maximum Gasteiger partial charge on any atom is 0.270 e. The van der Waals surface area contributed by atoms with E-state index >= 15 is 0 Å². The lowest BCUT2D eigenvalue weighted by Crippen LogP contribution is -2.39. The number of rotatable bonds is 4. The van der Waals surface area contributed by atoms with Crippen LogP contribution in [0.15, 0.2) is 23.9 Å². The molecular weight excluding hydrogens is 314 g/mol. The molecule has 0 bridgehead atoms. The highest BCUT2D eigenvalue weighted by molar-refractivity contribution is 6.33. The van der Waals surface area contributed by atoms with Crippen molar-refractivity contribution in [3.63, 3.8) is 0 Å². The van der Waals surface area contributed by atoms with Gasteiger partial charge in [0.1, 0.15) is 0 Å². The number of nitrogens with zero attached hydrogens (tertiary/aromatic N) is 2. The normalized spacial score (nSPS) is 21.4. The molecule has 1 fully saturated rings. The average Bonchev–Trinajstić information content (AvgIpc) is 2.86. The van der Waals surface area contributed by atoms with Crippen molar-refractivity contribution in [1.82, 2.24) is 5.32 Å². The van der Waals surface area contributed by atoms with Crippen LogP contribution in [0.5, 0.6) is 0 Å². The van der Waals surface area contributed by atoms with E-state index in [2.05, 4.69) is 5.32 Å². The molecule has 1 atom stereocenters. The molecular formula is C16H19N3O5. The van der Waals surface area contributed by atoms with Crippen LogP contribution in [-0.4, -0.2) is 50.3 Å². The van der Waals surface area contributed by atoms with Gasteiger partial charge in [0.05, 0.1) is 47.7 Å². The van der Waals surface area contributed by atoms with Crippen LogP contribution in [0.1, 0.15) is 12.5 Å². The van der Waals surface area contributed by atoms with E-state index in [0.717, 1.165) is 0 Å². The summed E-state index contributed by atoms with van der Waals surface area (Å²) in [6.07, 6.45) is 0. The fourth-order valence-corrected chi connectivity index (χ4v) is 3.10. The molecule has 2 aliphatic heterocycles. The molecule has 1 saturated heterocycles. The highest BCUT2D eigenvalue weighted by Crippen LogP contribution is 2.41. The van der Waals surface area contributed by atoms with Gasteiger partial charge < -0.3 is 19.7 Å². The zero-order chi connectivity index (χ0) is 17.3. The fourth-order valence-electron chi connectivity index (χ4n) is 3.10. The van der Waals surface area contributed by atoms with Crippen molar-refractivity contribution < 1.29 is 19.2 Å². The molecule has 128 valence electrons. The summed E-state index contributed by atoms with van der Waals surface area (Å²) in [6, 6.07) is 4.29. The monoisotopic (exact) mass is 333 g/mol. The van der Waals surface area contributed by atoms with E-state index in [1.165, 1.54) is 12.1 Å². The summed E-state index contributed by atoms with van der Waals surface area (Å²) in [5.74, 6) is -0.192. The number of ether oxygens (including phenoxy) is 2. The minimum absolute atomic E-state index is 0.0439. The first-order valence-corrected chi connectivity index (χ1v) is 7.70. The number of hydrogen-bond acceptors (Lipinski definition) is 6. The van der Waals surface area contributed by atoms with Gasteiger partial charge in [-0.05, 0) is 13.0 Å². The highest BCUT2D eigenvalue weighted by Gasteiger charge is 2.38. The predicted molar refractivity (Wildman–Crippen MR) is 87.7 cm³/mol. The van der Waals surface area contributed by atoms with Crippen LogP contribution in [0, 0.1) is 10.1 Å². The van der Waals surface area contributed by atoms with Crippen LogP contribution in [0.2, 0.25) is 0 Å². The lowest BCUT2D eigenvalue weighted by molar-refractivity contribution is -0.384. The number of anilines is 1. The predicted octanol–water partition coefficient (Wildman–Crippen LogP) is 1.31. The molecule has 2 heterocycles. The third-order valence-electron chi connectivity index (χ3n) is 4.13. The summed E-state index contributed by atoms with van der Waals surface area (Å²) in [5, 5.41) is 14.3. The highest BCUT2D eigenvalue weighted by atomic mass is 16.6. The molecule has 8 heteroatoms. The van der Waals surface area contributed by atoms with Crippen molar-refractivity contribution in [2.75, 3.05) is 38.4 Å². The standard InChI is InChI=1S/C16H19N3O5/c1-10(8-23-2)18-14-4-3-11(19(21)22)7-12(14)15(16(18)20)13-9-24-6-5-17-13/h3-4,7,10,17H,5-6,8-9H2,1-2H3/b15-13-. The van der Waals surface area contributed by atoms with Crippen LogP contribution < -0.4 is 10.2 Å². The van der Waals surface area contributed by atoms with E-state index in [1.54, 1.807) is 18.1 Å². The molecule has 3 rings (SSSR count). The Morgan fingerprint density at radius 1 is 1.50 bits per heavy atom. The quantitative estimate of drug-likeness (QED) is 0.507. The van der Waals surface area contributed by atoms with Gasteiger partial charge in [-0.15, -0.1) is 0 Å². The van der Waals surface area contributed by atoms with Gasteiger partial charge in [0.15, 0.2) is 0 Å². The summed E-state index contributed by atoms with van der Waals surface area (Å²) in [7, 11) is 1.57. The molecule has 1 aromatic rings. The molecule has 8 nitrogen and oxygen atoms in total. The molecule has 0 aliphatic carbocycles. The Labute approximate surface area is 139 Å². The molecule has 0 radical (unpaired) electrons. The van der Waals surface area contributed by atoms with Crippen molar-refractivity contribution in [2.24, 2.45) is 0 Å². The van der Waals surface area contributed by atoms with Gasteiger partial charge in [0.2, 0.25) is 0 Å². The summed E-state index contributed by atoms with van der Waals surface area (Å²) in [6.45, 7) is 3.70. The van der Waals surface area contributed by atoms with Crippen LogP contribution >= 0.6 is 0 Å². The molecule has 0 spiro atoms. The first kappa shape index (κ1) is 16.4. The van der Waals surface area contributed by atoms with Crippen molar-refractivity contribution in [1.29, 1.82) is 0 Å². The number of hydrogen-bond donors (Lipinski definition) is 1. The van der Waals surface area contributed by atoms with Crippen molar-refractivity contribution >= 4 is 22.9 Å². The molecule has 1 unspecified atom stereocenters. The third-order valence-corrected chi connectivity index (χ3v) is 4.13. The number of benzene rings is 1. The maximum atomic E-state index is 13.0. The van der Waals surface area contributed by atoms with Crippen molar-refractivity contribution in [3.8, 4) is 0 Å². The second-order valence-corrected chi connectivity index (χ2v) is 5.77. The largest absolute Gasteiger partial charge is 0.383 e. The zero-order valence-electron chi connectivity index (χ0n) is 13.6. The van der Waals surface area contributed by atoms with Gasteiger partial charge in [0, 0.05) is 31.4 Å². The minimum Gasteiger partial charge on any atom is -0.383 e. The van der Waals surface area contributed by atoms with Crippen LogP contribution in [0.4, 0.5) is 11.4 Å². The molecule has 1 N–H and O–H groups in total. The van der Waals surface area contributed by atoms with Crippen molar-refractivity contribution in [2.45, 2.75) is 13.0 Å². The second kappa shape index (κ2) is 6.58. The summed E-state index contributed by atoms with van der Waals surface area (Å²) >= 11 is 0. The first-order chi connectivity index (χ1) is 11.5. The number of fused-ring (bicyclic) bond motifs is 1. The first-order valence-electron chi connectivity index (χ1n) is 7.70. The maximum absolute atomic E-state index is 13.0. The van der Waals surface area contributed by atoms with E-state index in [-0.39, 0.29) is 24.2 Å². The SMILES string of the molecule is COCC(C)N1C(=O)/C(=C2/COCCN2)c2cc([N+](=O)[O-])ccc21. The van der Waals surface area contributed by atoms with Crippen molar-refractivity contribution in [3.05, 3.63) is 39.6 Å². The average molecular weight is 333 g/mol. The summed E-state index contributed by atoms with van der Waals surface area (Å²) in [5.41, 5.74) is 2.28. The Bertz CT molecular complexity index is 708. The smallest absolute Gasteiger partial charge is 0.270 e. The van der Waals surface area contributed by atoms with Crippen LogP contribution in [0.25, 0.3) is 5.57 Å². The van der Waals surface area contributed by atoms with E-state index in [4.69, 9.17) is 9.47 Å². The zero-order valence-corrected chi connectivity index (χ0v) is 13.6. The van der Waals surface area contributed by atoms with E-state index in [1.807, 2.05) is 6.92 Å². The number of amides is 1. The van der Waals surface area contributed by atoms with E-state index in [0.29, 0.717) is 42.3 Å². The Hall–Kier alpha value is -2.45. The summed E-state index contributed by atoms with van der Waals surface area (Å²) in [4.78, 5) is 25.3. The number of methoxy groups -OCH3 is 1. The molecule has 24 heavy (non-hydrogen) atoms. The second-order valence-electron chi connectivity index (χ2n) is 5.77. The Morgan fingerprint density at radius 2 is 2.29 bits per heavy atom. The molecule has 2 aliphatic rings. The Kier molecular flexibility index (Phi) is 4.50. The number of morpholine rings is 1. The number of nitro benzene ring substituents is 1. The van der Waals surface area contributed by atoms with Gasteiger partial charge in [-0.25, -0.2) is 0 Å². The number of carbonyl (C=O) groups is 1. The lowest BCUT2D eigenvalue weighted by Gasteiger charge is -2.25. The Morgan fingerprint density at radius 3 is 2.92 bits per heavy atom. The van der Waals surface area contributed by atoms with E-state index in [9.17, 15) is 14.9 Å². The molecule has 0 saturated carbocycles. The lowest BCUT2D eigenvalue weighted by atomic mass is 10.0. The number of nitrogens with one attached hydrogen (secondary N) is 1. The van der Waals surface area contributed by atoms with Crippen LogP contribution in [0.3, 0.4) is 0 Å². The van der Waals surface area contributed by atoms with Gasteiger partial charge in [0.25, 0.3) is 11.6 Å². The molecule has 1 aromatic carbocycles. The Balaban J connectivity index is 2.13. The van der Waals surface area contributed by atoms with Gasteiger partial charge >= 0.3 is 0 Å².